The second kappa shape index (κ2) is 17.3. The van der Waals surface area contributed by atoms with E-state index in [0.29, 0.717) is 36.2 Å². The molecule has 55 heavy (non-hydrogen) atoms. The molecule has 0 saturated heterocycles. The van der Waals surface area contributed by atoms with E-state index in [1.165, 1.54) is 27.5 Å². The van der Waals surface area contributed by atoms with Gasteiger partial charge in [-0.15, -0.1) is 0 Å². The number of rotatable bonds is 16. The summed E-state index contributed by atoms with van der Waals surface area (Å²) in [6.45, 7) is 16.4. The van der Waals surface area contributed by atoms with Crippen molar-refractivity contribution in [3.8, 4) is 0 Å². The second-order valence-corrected chi connectivity index (χ2v) is 16.2. The van der Waals surface area contributed by atoms with E-state index < -0.39 is 0 Å². The number of nitrogens with zero attached hydrogens (tertiary/aromatic N) is 4. The van der Waals surface area contributed by atoms with Gasteiger partial charge in [-0.2, -0.15) is 9.97 Å². The Hall–Kier alpha value is -5.50. The summed E-state index contributed by atoms with van der Waals surface area (Å²) in [5, 5.41) is 16.9. The van der Waals surface area contributed by atoms with E-state index >= 15 is 0 Å². The van der Waals surface area contributed by atoms with Crippen molar-refractivity contribution in [1.82, 2.24) is 19.9 Å². The lowest BCUT2D eigenvalue weighted by atomic mass is 9.50. The maximum absolute atomic E-state index is 5.37. The van der Waals surface area contributed by atoms with Crippen LogP contribution in [0.3, 0.4) is 0 Å². The minimum absolute atomic E-state index is 0.0598. The molecule has 6 aromatic rings. The summed E-state index contributed by atoms with van der Waals surface area (Å²) in [5.41, 5.74) is 5.82. The van der Waals surface area contributed by atoms with Crippen LogP contribution in [0.15, 0.2) is 115 Å². The van der Waals surface area contributed by atoms with Gasteiger partial charge in [0.25, 0.3) is 0 Å². The fourth-order valence-electron chi connectivity index (χ4n) is 7.81. The van der Waals surface area contributed by atoms with E-state index in [0.717, 1.165) is 42.7 Å². The Morgan fingerprint density at radius 2 is 0.909 bits per heavy atom. The lowest BCUT2D eigenvalue weighted by molar-refractivity contribution is 0.220. The molecule has 0 amide bonds. The fourth-order valence-corrected chi connectivity index (χ4v) is 7.81. The minimum atomic E-state index is 0.0598. The zero-order valence-electron chi connectivity index (χ0n) is 33.1. The standard InChI is InChI=1S/C47H56N8/c1-30(2)26-48-40-24-38(52-46(54-40)50-28-32(5)6)44-42(34-17-9-7-10-18-34)45(43(44)35-19-11-8-12-20-35)39-25-41(49-27-31(3)4)55-47(53-39)51-29-36-22-15-21-33-16-13-14-23-37(33)36/h7-25,30-32,42-45H,26-29H2,1-6H3,(H2,48,50,52,54)(H2,49,51,53,55)/t42-,43-,44-,45-/m0/s1. The van der Waals surface area contributed by atoms with Gasteiger partial charge < -0.3 is 21.3 Å². The zero-order chi connectivity index (χ0) is 38.3. The molecule has 284 valence electrons. The number of hydrogen-bond donors (Lipinski definition) is 4. The van der Waals surface area contributed by atoms with Crippen LogP contribution in [0.1, 0.15) is 93.3 Å². The van der Waals surface area contributed by atoms with Gasteiger partial charge in [-0.1, -0.05) is 145 Å². The number of benzene rings is 4. The molecule has 1 aliphatic carbocycles. The number of anilines is 4. The molecule has 0 spiro atoms. The average Bonchev–Trinajstić information content (AvgIpc) is 3.18. The first-order valence-corrected chi connectivity index (χ1v) is 20.0. The van der Waals surface area contributed by atoms with E-state index in [2.05, 4.69) is 178 Å². The molecule has 2 heterocycles. The third-order valence-electron chi connectivity index (χ3n) is 10.5. The molecular formula is C47H56N8. The molecule has 0 radical (unpaired) electrons. The highest BCUT2D eigenvalue weighted by molar-refractivity contribution is 5.85. The molecule has 4 N–H and O–H groups in total. The van der Waals surface area contributed by atoms with Crippen LogP contribution in [0.5, 0.6) is 0 Å². The Balaban J connectivity index is 1.34. The first-order chi connectivity index (χ1) is 26.7. The van der Waals surface area contributed by atoms with Gasteiger partial charge in [0.15, 0.2) is 0 Å². The summed E-state index contributed by atoms with van der Waals surface area (Å²) in [6, 6.07) is 41.2. The van der Waals surface area contributed by atoms with Crippen LogP contribution in [0.25, 0.3) is 10.8 Å². The van der Waals surface area contributed by atoms with Crippen LogP contribution in [-0.4, -0.2) is 39.6 Å². The molecule has 8 heteroatoms. The van der Waals surface area contributed by atoms with Crippen LogP contribution in [-0.2, 0) is 6.54 Å². The van der Waals surface area contributed by atoms with Gasteiger partial charge in [0.05, 0.1) is 11.4 Å². The first-order valence-electron chi connectivity index (χ1n) is 20.0. The van der Waals surface area contributed by atoms with Gasteiger partial charge in [-0.05, 0) is 45.2 Å². The van der Waals surface area contributed by atoms with Gasteiger partial charge in [0.2, 0.25) is 11.9 Å². The third-order valence-corrected chi connectivity index (χ3v) is 10.5. The molecule has 7 rings (SSSR count). The summed E-state index contributed by atoms with van der Waals surface area (Å²) in [7, 11) is 0. The summed E-state index contributed by atoms with van der Waals surface area (Å²) in [6.07, 6.45) is 0. The molecule has 2 aromatic heterocycles. The van der Waals surface area contributed by atoms with E-state index in [4.69, 9.17) is 19.9 Å². The lowest BCUT2D eigenvalue weighted by Gasteiger charge is -2.52. The average molecular weight is 733 g/mol. The molecular weight excluding hydrogens is 677 g/mol. The minimum Gasteiger partial charge on any atom is -0.370 e. The highest BCUT2D eigenvalue weighted by Gasteiger charge is 2.54. The maximum atomic E-state index is 5.37. The Morgan fingerprint density at radius 1 is 0.455 bits per heavy atom. The molecule has 0 aliphatic heterocycles. The van der Waals surface area contributed by atoms with Crippen molar-refractivity contribution in [3.05, 3.63) is 143 Å². The number of aromatic nitrogens is 4. The Kier molecular flexibility index (Phi) is 11.9. The van der Waals surface area contributed by atoms with Crippen molar-refractivity contribution < 1.29 is 0 Å². The van der Waals surface area contributed by atoms with Gasteiger partial charge in [0, 0.05) is 62.0 Å². The van der Waals surface area contributed by atoms with E-state index in [-0.39, 0.29) is 23.7 Å². The molecule has 1 saturated carbocycles. The summed E-state index contributed by atoms with van der Waals surface area (Å²) < 4.78 is 0. The molecule has 0 unspecified atom stereocenters. The van der Waals surface area contributed by atoms with E-state index in [1.807, 2.05) is 0 Å². The van der Waals surface area contributed by atoms with Crippen molar-refractivity contribution in [1.29, 1.82) is 0 Å². The van der Waals surface area contributed by atoms with Crippen LogP contribution in [0, 0.1) is 17.8 Å². The molecule has 8 nitrogen and oxygen atoms in total. The van der Waals surface area contributed by atoms with Gasteiger partial charge in [-0.3, -0.25) is 0 Å². The van der Waals surface area contributed by atoms with E-state index in [1.54, 1.807) is 0 Å². The van der Waals surface area contributed by atoms with Crippen molar-refractivity contribution in [2.45, 2.75) is 71.8 Å². The number of fused-ring (bicyclic) bond motifs is 1. The summed E-state index contributed by atoms with van der Waals surface area (Å²) in [4.78, 5) is 20.6. The summed E-state index contributed by atoms with van der Waals surface area (Å²) >= 11 is 0. The molecule has 1 aliphatic rings. The zero-order valence-corrected chi connectivity index (χ0v) is 33.1. The Labute approximate surface area is 327 Å². The van der Waals surface area contributed by atoms with Crippen LogP contribution < -0.4 is 21.3 Å². The quantitative estimate of drug-likeness (QED) is 0.0780. The van der Waals surface area contributed by atoms with Crippen molar-refractivity contribution >= 4 is 34.3 Å². The highest BCUT2D eigenvalue weighted by Crippen LogP contribution is 2.66. The van der Waals surface area contributed by atoms with Crippen molar-refractivity contribution in [2.75, 3.05) is 40.9 Å². The smallest absolute Gasteiger partial charge is 0.225 e. The first kappa shape index (κ1) is 37.8. The van der Waals surface area contributed by atoms with Crippen molar-refractivity contribution in [3.63, 3.8) is 0 Å². The van der Waals surface area contributed by atoms with Crippen LogP contribution in [0.4, 0.5) is 23.5 Å². The molecule has 1 fully saturated rings. The largest absolute Gasteiger partial charge is 0.370 e. The topological polar surface area (TPSA) is 99.7 Å². The van der Waals surface area contributed by atoms with Crippen LogP contribution >= 0.6 is 0 Å². The lowest BCUT2D eigenvalue weighted by Crippen LogP contribution is -2.41. The highest BCUT2D eigenvalue weighted by atomic mass is 15.2. The third kappa shape index (κ3) is 9.07. The van der Waals surface area contributed by atoms with Gasteiger partial charge in [0.1, 0.15) is 11.6 Å². The Bertz CT molecular complexity index is 2070. The maximum Gasteiger partial charge on any atom is 0.225 e. The van der Waals surface area contributed by atoms with Gasteiger partial charge >= 0.3 is 0 Å². The molecule has 0 bridgehead atoms. The second-order valence-electron chi connectivity index (χ2n) is 16.2. The Morgan fingerprint density at radius 3 is 1.44 bits per heavy atom. The monoisotopic (exact) mass is 732 g/mol. The molecule has 2 atom stereocenters. The van der Waals surface area contributed by atoms with Crippen molar-refractivity contribution in [2.24, 2.45) is 17.8 Å². The van der Waals surface area contributed by atoms with Gasteiger partial charge in [-0.25, -0.2) is 9.97 Å². The fraction of sp³-hybridized carbons (Fsp3) is 0.362. The predicted molar refractivity (Wildman–Crippen MR) is 229 cm³/mol. The predicted octanol–water partition coefficient (Wildman–Crippen LogP) is 10.7. The summed E-state index contributed by atoms with van der Waals surface area (Å²) in [5.74, 6) is 4.74. The number of hydrogen-bond acceptors (Lipinski definition) is 8. The SMILES string of the molecule is CC(C)CNc1cc([C@H]2[C@@H](c3ccccc3)[C@H](c3cc(NCC(C)C)nc(NCC(C)C)n3)[C@@H]2c2ccccc2)nc(NCc2cccc3ccccc23)n1. The normalized spacial score (nSPS) is 18.1. The van der Waals surface area contributed by atoms with E-state index in [9.17, 15) is 0 Å². The molecule has 4 aromatic carbocycles. The number of nitrogens with one attached hydrogen (secondary N) is 4. The van der Waals surface area contributed by atoms with Crippen LogP contribution in [0.2, 0.25) is 0 Å².